The zero-order chi connectivity index (χ0) is 17.8. The number of hydrogen-bond donors (Lipinski definition) is 1. The van der Waals surface area contributed by atoms with E-state index in [1.165, 1.54) is 0 Å². The van der Waals surface area contributed by atoms with Crippen molar-refractivity contribution in [2.75, 3.05) is 39.8 Å². The number of oxazole rings is 1. The summed E-state index contributed by atoms with van der Waals surface area (Å²) in [6.07, 6.45) is 1.59. The Hall–Kier alpha value is -1.36. The molecule has 8 nitrogen and oxygen atoms in total. The van der Waals surface area contributed by atoms with Gasteiger partial charge in [0, 0.05) is 39.8 Å². The molecule has 0 aromatic carbocycles. The fourth-order valence-corrected chi connectivity index (χ4v) is 3.22. The number of piperazine rings is 1. The Bertz CT molecular complexity index is 615. The smallest absolute Gasteiger partial charge is 0.251 e. The van der Waals surface area contributed by atoms with Gasteiger partial charge in [-0.2, -0.15) is 0 Å². The molecule has 3 heterocycles. The zero-order valence-corrected chi connectivity index (χ0v) is 18.0. The molecule has 146 valence electrons. The van der Waals surface area contributed by atoms with Gasteiger partial charge in [0.2, 0.25) is 5.89 Å². The topological polar surface area (TPSA) is 83.2 Å². The average molecular weight is 477 g/mol. The van der Waals surface area contributed by atoms with Gasteiger partial charge >= 0.3 is 0 Å². The van der Waals surface area contributed by atoms with Crippen LogP contribution in [0.1, 0.15) is 30.2 Å². The lowest BCUT2D eigenvalue weighted by atomic mass is 10.2. The molecule has 0 aliphatic carbocycles. The van der Waals surface area contributed by atoms with E-state index in [9.17, 15) is 4.79 Å². The van der Waals surface area contributed by atoms with Crippen LogP contribution in [0.15, 0.2) is 9.41 Å². The number of carbonyl (C=O) groups is 1. The first kappa shape index (κ1) is 20.9. The van der Waals surface area contributed by atoms with Crippen LogP contribution in [0.4, 0.5) is 0 Å². The van der Waals surface area contributed by atoms with E-state index in [1.807, 2.05) is 18.7 Å². The molecule has 1 amide bonds. The van der Waals surface area contributed by atoms with Crippen molar-refractivity contribution >= 4 is 35.8 Å². The molecule has 26 heavy (non-hydrogen) atoms. The van der Waals surface area contributed by atoms with E-state index in [0.29, 0.717) is 32.1 Å². The predicted molar refractivity (Wildman–Crippen MR) is 109 cm³/mol. The highest BCUT2D eigenvalue weighted by Crippen LogP contribution is 2.16. The van der Waals surface area contributed by atoms with Gasteiger partial charge in [0.25, 0.3) is 5.91 Å². The SMILES string of the molecule is CN=C(NCc1nc(C)c(C)o1)N1CCN(C(=O)C2CCCO2)CC1.I. The highest BCUT2D eigenvalue weighted by atomic mass is 127. The van der Waals surface area contributed by atoms with Crippen molar-refractivity contribution in [3.05, 3.63) is 17.3 Å². The molecule has 0 saturated carbocycles. The van der Waals surface area contributed by atoms with E-state index in [4.69, 9.17) is 9.15 Å². The van der Waals surface area contributed by atoms with Crippen molar-refractivity contribution in [3.63, 3.8) is 0 Å². The fourth-order valence-electron chi connectivity index (χ4n) is 3.22. The highest BCUT2D eigenvalue weighted by Gasteiger charge is 2.30. The van der Waals surface area contributed by atoms with Crippen LogP contribution in [0.25, 0.3) is 0 Å². The minimum Gasteiger partial charge on any atom is -0.444 e. The molecule has 0 spiro atoms. The number of amides is 1. The van der Waals surface area contributed by atoms with Gasteiger partial charge in [0.05, 0.1) is 12.2 Å². The Morgan fingerprint density at radius 3 is 2.50 bits per heavy atom. The molecule has 1 atom stereocenters. The van der Waals surface area contributed by atoms with E-state index < -0.39 is 0 Å². The van der Waals surface area contributed by atoms with Gasteiger partial charge in [-0.3, -0.25) is 9.79 Å². The normalized spacial score (nSPS) is 20.9. The maximum absolute atomic E-state index is 12.4. The third-order valence-corrected chi connectivity index (χ3v) is 4.78. The van der Waals surface area contributed by atoms with E-state index >= 15 is 0 Å². The number of aromatic nitrogens is 1. The number of hydrogen-bond acceptors (Lipinski definition) is 5. The largest absolute Gasteiger partial charge is 0.444 e. The first-order valence-corrected chi connectivity index (χ1v) is 8.87. The zero-order valence-electron chi connectivity index (χ0n) is 15.7. The number of carbonyl (C=O) groups excluding carboxylic acids is 1. The second-order valence-electron chi connectivity index (χ2n) is 6.46. The van der Waals surface area contributed by atoms with E-state index in [1.54, 1.807) is 7.05 Å². The summed E-state index contributed by atoms with van der Waals surface area (Å²) >= 11 is 0. The molecular weight excluding hydrogens is 449 g/mol. The van der Waals surface area contributed by atoms with Crippen molar-refractivity contribution in [3.8, 4) is 0 Å². The number of nitrogens with zero attached hydrogens (tertiary/aromatic N) is 4. The molecule has 1 unspecified atom stereocenters. The van der Waals surface area contributed by atoms with Crippen molar-refractivity contribution in [1.29, 1.82) is 0 Å². The number of rotatable bonds is 3. The number of halogens is 1. The van der Waals surface area contributed by atoms with Crippen LogP contribution in [0.2, 0.25) is 0 Å². The monoisotopic (exact) mass is 477 g/mol. The van der Waals surface area contributed by atoms with Gasteiger partial charge in [-0.05, 0) is 26.7 Å². The summed E-state index contributed by atoms with van der Waals surface area (Å²) in [5.41, 5.74) is 0.910. The summed E-state index contributed by atoms with van der Waals surface area (Å²) in [5, 5.41) is 3.29. The summed E-state index contributed by atoms with van der Waals surface area (Å²) in [6, 6.07) is 0. The summed E-state index contributed by atoms with van der Waals surface area (Å²) in [6.45, 7) is 7.92. The van der Waals surface area contributed by atoms with Crippen LogP contribution in [0.3, 0.4) is 0 Å². The summed E-state index contributed by atoms with van der Waals surface area (Å²) in [5.74, 6) is 2.43. The van der Waals surface area contributed by atoms with E-state index in [2.05, 4.69) is 20.2 Å². The van der Waals surface area contributed by atoms with Crippen LogP contribution in [0, 0.1) is 13.8 Å². The lowest BCUT2D eigenvalue weighted by Gasteiger charge is -2.37. The van der Waals surface area contributed by atoms with Crippen LogP contribution in [-0.2, 0) is 16.1 Å². The van der Waals surface area contributed by atoms with Gasteiger partial charge in [0.15, 0.2) is 5.96 Å². The summed E-state index contributed by atoms with van der Waals surface area (Å²) in [7, 11) is 1.76. The second-order valence-corrected chi connectivity index (χ2v) is 6.46. The Kier molecular flexibility index (Phi) is 7.69. The van der Waals surface area contributed by atoms with Gasteiger partial charge < -0.3 is 24.3 Å². The Balaban J connectivity index is 0.00000243. The number of ether oxygens (including phenoxy) is 1. The molecule has 9 heteroatoms. The molecule has 0 radical (unpaired) electrons. The lowest BCUT2D eigenvalue weighted by Crippen LogP contribution is -2.55. The molecule has 1 N–H and O–H groups in total. The summed E-state index contributed by atoms with van der Waals surface area (Å²) in [4.78, 5) is 25.2. The van der Waals surface area contributed by atoms with Crippen molar-refractivity contribution in [2.45, 2.75) is 39.3 Å². The van der Waals surface area contributed by atoms with Gasteiger partial charge in [0.1, 0.15) is 11.9 Å². The van der Waals surface area contributed by atoms with Gasteiger partial charge in [-0.15, -0.1) is 24.0 Å². The third-order valence-electron chi connectivity index (χ3n) is 4.78. The number of aryl methyl sites for hydroxylation is 2. The maximum Gasteiger partial charge on any atom is 0.251 e. The Labute approximate surface area is 171 Å². The molecule has 2 saturated heterocycles. The predicted octanol–water partition coefficient (Wildman–Crippen LogP) is 1.31. The first-order valence-electron chi connectivity index (χ1n) is 8.87. The Morgan fingerprint density at radius 2 is 1.96 bits per heavy atom. The number of guanidine groups is 1. The molecule has 2 aliphatic heterocycles. The van der Waals surface area contributed by atoms with E-state index in [0.717, 1.165) is 43.3 Å². The quantitative estimate of drug-likeness (QED) is 0.402. The fraction of sp³-hybridized carbons (Fsp3) is 0.706. The molecule has 1 aromatic heterocycles. The summed E-state index contributed by atoms with van der Waals surface area (Å²) < 4.78 is 11.1. The third kappa shape index (κ3) is 4.87. The highest BCUT2D eigenvalue weighted by molar-refractivity contribution is 14.0. The maximum atomic E-state index is 12.4. The van der Waals surface area contributed by atoms with Crippen LogP contribution in [0.5, 0.6) is 0 Å². The minimum atomic E-state index is -0.236. The molecule has 3 rings (SSSR count). The standard InChI is InChI=1S/C17H27N5O3.HI/c1-12-13(2)25-15(20-12)11-19-17(18-3)22-8-6-21(7-9-22)16(23)14-5-4-10-24-14;/h14H,4-11H2,1-3H3,(H,18,19);1H. The molecule has 2 fully saturated rings. The molecular formula is C17H28IN5O3. The Morgan fingerprint density at radius 1 is 1.27 bits per heavy atom. The average Bonchev–Trinajstić information content (AvgIpc) is 3.26. The van der Waals surface area contributed by atoms with Crippen molar-refractivity contribution in [1.82, 2.24) is 20.1 Å². The minimum absolute atomic E-state index is 0. The molecule has 2 aliphatic rings. The number of aliphatic imine (C=N–C) groups is 1. The van der Waals surface area contributed by atoms with Crippen LogP contribution < -0.4 is 5.32 Å². The number of nitrogens with one attached hydrogen (secondary N) is 1. The van der Waals surface area contributed by atoms with E-state index in [-0.39, 0.29) is 36.0 Å². The van der Waals surface area contributed by atoms with Crippen molar-refractivity contribution in [2.24, 2.45) is 4.99 Å². The first-order chi connectivity index (χ1) is 12.1. The molecule has 1 aromatic rings. The van der Waals surface area contributed by atoms with Crippen LogP contribution in [-0.4, -0.2) is 72.6 Å². The molecule has 0 bridgehead atoms. The van der Waals surface area contributed by atoms with Gasteiger partial charge in [-0.25, -0.2) is 4.98 Å². The van der Waals surface area contributed by atoms with Crippen molar-refractivity contribution < 1.29 is 13.9 Å². The van der Waals surface area contributed by atoms with Gasteiger partial charge in [-0.1, -0.05) is 0 Å². The lowest BCUT2D eigenvalue weighted by molar-refractivity contribution is -0.142. The second kappa shape index (κ2) is 9.54. The van der Waals surface area contributed by atoms with Crippen LogP contribution >= 0.6 is 24.0 Å².